The molecule has 2 aromatic heterocycles. The topological polar surface area (TPSA) is 57.0 Å². The van der Waals surface area contributed by atoms with Crippen molar-refractivity contribution in [3.05, 3.63) is 107 Å². The first kappa shape index (κ1) is 21.5. The van der Waals surface area contributed by atoms with Gasteiger partial charge in [0.2, 0.25) is 0 Å². The quantitative estimate of drug-likeness (QED) is 0.379. The van der Waals surface area contributed by atoms with Crippen molar-refractivity contribution in [2.24, 2.45) is 0 Å². The molecule has 1 atom stereocenters. The van der Waals surface area contributed by atoms with Crippen molar-refractivity contribution in [2.45, 2.75) is 40.3 Å². The van der Waals surface area contributed by atoms with E-state index in [1.807, 2.05) is 42.0 Å². The molecule has 0 fully saturated rings. The molecule has 5 nitrogen and oxygen atoms in total. The average molecular weight is 426 g/mol. The molecule has 0 saturated carbocycles. The monoisotopic (exact) mass is 425 g/mol. The van der Waals surface area contributed by atoms with E-state index in [4.69, 9.17) is 9.72 Å². The fourth-order valence-electron chi connectivity index (χ4n) is 3.70. The van der Waals surface area contributed by atoms with Crippen molar-refractivity contribution in [2.75, 3.05) is 0 Å². The van der Waals surface area contributed by atoms with Gasteiger partial charge in [-0.15, -0.1) is 0 Å². The summed E-state index contributed by atoms with van der Waals surface area (Å²) in [6, 6.07) is 18.5. The maximum absolute atomic E-state index is 11.8. The van der Waals surface area contributed by atoms with Crippen LogP contribution in [0.25, 0.3) is 11.3 Å². The van der Waals surface area contributed by atoms with Gasteiger partial charge < -0.3 is 9.30 Å². The molecule has 0 aliphatic carbocycles. The second-order valence-electron chi connectivity index (χ2n) is 8.21. The molecule has 0 aliphatic heterocycles. The van der Waals surface area contributed by atoms with Crippen molar-refractivity contribution in [3.8, 4) is 11.3 Å². The van der Waals surface area contributed by atoms with Crippen LogP contribution < -0.4 is 0 Å². The molecule has 2 aromatic carbocycles. The van der Waals surface area contributed by atoms with Crippen LogP contribution in [0.3, 0.4) is 0 Å². The number of aryl methyl sites for hydroxylation is 3. The van der Waals surface area contributed by atoms with E-state index in [0.29, 0.717) is 6.54 Å². The third-order valence-corrected chi connectivity index (χ3v) is 5.58. The zero-order chi connectivity index (χ0) is 22.7. The summed E-state index contributed by atoms with van der Waals surface area (Å²) in [5.74, 6) is -0.330. The molecule has 162 valence electrons. The van der Waals surface area contributed by atoms with E-state index >= 15 is 0 Å². The normalized spacial score (nSPS) is 11.9. The summed E-state index contributed by atoms with van der Waals surface area (Å²) in [6.07, 6.45) is 4.93. The number of benzene rings is 2. The lowest BCUT2D eigenvalue weighted by Crippen LogP contribution is -2.15. The fourth-order valence-corrected chi connectivity index (χ4v) is 3.70. The minimum atomic E-state index is -0.518. The smallest absolute Gasteiger partial charge is 0.303 e. The van der Waals surface area contributed by atoms with Gasteiger partial charge in [-0.05, 0) is 43.5 Å². The lowest BCUT2D eigenvalue weighted by atomic mass is 10.0. The maximum atomic E-state index is 11.8. The molecule has 0 radical (unpaired) electrons. The minimum absolute atomic E-state index is 0.330. The Labute approximate surface area is 188 Å². The molecule has 0 spiro atoms. The highest BCUT2D eigenvalue weighted by Crippen LogP contribution is 2.28. The first-order valence-electron chi connectivity index (χ1n) is 10.7. The Bertz CT molecular complexity index is 1220. The molecule has 0 saturated heterocycles. The number of nitrogens with zero attached hydrogens (tertiary/aromatic N) is 3. The van der Waals surface area contributed by atoms with E-state index in [1.165, 1.54) is 12.5 Å². The Morgan fingerprint density at radius 2 is 1.62 bits per heavy atom. The SMILES string of the molecule is CC(=O)OC(c1ccc(C)cc1)c1cncn1Cc1cnc(-c2ccc(C)cc2)cc1C. The van der Waals surface area contributed by atoms with Crippen LogP contribution in [0.2, 0.25) is 0 Å². The lowest BCUT2D eigenvalue weighted by Gasteiger charge is -2.20. The van der Waals surface area contributed by atoms with Gasteiger partial charge in [-0.1, -0.05) is 59.7 Å². The van der Waals surface area contributed by atoms with E-state index in [9.17, 15) is 4.79 Å². The molecule has 1 unspecified atom stereocenters. The first-order valence-corrected chi connectivity index (χ1v) is 10.7. The van der Waals surface area contributed by atoms with Gasteiger partial charge in [-0.2, -0.15) is 0 Å². The summed E-state index contributed by atoms with van der Waals surface area (Å²) in [5, 5.41) is 0. The summed E-state index contributed by atoms with van der Waals surface area (Å²) in [6.45, 7) is 8.22. The number of pyridine rings is 1. The predicted octanol–water partition coefficient (Wildman–Crippen LogP) is 5.57. The number of carbonyl (C=O) groups excluding carboxylic acids is 1. The van der Waals surface area contributed by atoms with Crippen LogP contribution in [-0.2, 0) is 16.1 Å². The standard InChI is InChI=1S/C27H27N3O2/c1-18-5-9-22(10-6-18)25-13-20(3)24(14-29-25)16-30-17-28-15-26(30)27(32-21(4)31)23-11-7-19(2)8-12-23/h5-15,17,27H,16H2,1-4H3. The van der Waals surface area contributed by atoms with Gasteiger partial charge in [0.25, 0.3) is 0 Å². The van der Waals surface area contributed by atoms with Crippen LogP contribution in [0.15, 0.2) is 73.3 Å². The van der Waals surface area contributed by atoms with Gasteiger partial charge in [-0.25, -0.2) is 4.98 Å². The van der Waals surface area contributed by atoms with Gasteiger partial charge in [0.1, 0.15) is 0 Å². The predicted molar refractivity (Wildman–Crippen MR) is 125 cm³/mol. The number of ether oxygens (including phenoxy) is 1. The van der Waals surface area contributed by atoms with Crippen molar-refractivity contribution in [1.82, 2.24) is 14.5 Å². The van der Waals surface area contributed by atoms with Gasteiger partial charge in [0.15, 0.2) is 6.10 Å². The molecule has 2 heterocycles. The van der Waals surface area contributed by atoms with Crippen LogP contribution in [-0.4, -0.2) is 20.5 Å². The highest BCUT2D eigenvalue weighted by atomic mass is 16.5. The van der Waals surface area contributed by atoms with E-state index in [1.54, 1.807) is 12.5 Å². The second kappa shape index (κ2) is 9.18. The summed E-state index contributed by atoms with van der Waals surface area (Å²) in [7, 11) is 0. The van der Waals surface area contributed by atoms with Gasteiger partial charge in [-0.3, -0.25) is 9.78 Å². The van der Waals surface area contributed by atoms with Crippen molar-refractivity contribution in [3.63, 3.8) is 0 Å². The molecule has 4 rings (SSSR count). The number of rotatable bonds is 6. The highest BCUT2D eigenvalue weighted by molar-refractivity contribution is 5.66. The minimum Gasteiger partial charge on any atom is -0.451 e. The Hall–Kier alpha value is -3.73. The van der Waals surface area contributed by atoms with Crippen molar-refractivity contribution < 1.29 is 9.53 Å². The number of esters is 1. The van der Waals surface area contributed by atoms with Crippen LogP contribution in [0.5, 0.6) is 0 Å². The summed E-state index contributed by atoms with van der Waals surface area (Å²) in [5.41, 5.74) is 8.41. The molecule has 0 amide bonds. The van der Waals surface area contributed by atoms with Crippen molar-refractivity contribution in [1.29, 1.82) is 0 Å². The molecule has 0 bridgehead atoms. The fraction of sp³-hybridized carbons (Fsp3) is 0.222. The molecule has 32 heavy (non-hydrogen) atoms. The largest absolute Gasteiger partial charge is 0.451 e. The zero-order valence-corrected chi connectivity index (χ0v) is 18.9. The Kier molecular flexibility index (Phi) is 6.17. The van der Waals surface area contributed by atoms with Crippen LogP contribution in [0, 0.1) is 20.8 Å². The second-order valence-corrected chi connectivity index (χ2v) is 8.21. The summed E-state index contributed by atoms with van der Waals surface area (Å²) < 4.78 is 7.72. The number of imidazole rings is 1. The van der Waals surface area contributed by atoms with E-state index < -0.39 is 6.10 Å². The van der Waals surface area contributed by atoms with Crippen LogP contribution in [0.1, 0.15) is 46.5 Å². The third-order valence-electron chi connectivity index (χ3n) is 5.58. The van der Waals surface area contributed by atoms with Crippen LogP contribution in [0.4, 0.5) is 0 Å². The summed E-state index contributed by atoms with van der Waals surface area (Å²) in [4.78, 5) is 20.9. The first-order chi connectivity index (χ1) is 15.4. The molecule has 0 N–H and O–H groups in total. The maximum Gasteiger partial charge on any atom is 0.303 e. The van der Waals surface area contributed by atoms with E-state index in [2.05, 4.69) is 49.2 Å². The molecular formula is C27H27N3O2. The van der Waals surface area contributed by atoms with E-state index in [-0.39, 0.29) is 5.97 Å². The van der Waals surface area contributed by atoms with Gasteiger partial charge >= 0.3 is 5.97 Å². The van der Waals surface area contributed by atoms with Gasteiger partial charge in [0, 0.05) is 18.7 Å². The highest BCUT2D eigenvalue weighted by Gasteiger charge is 2.22. The number of carbonyl (C=O) groups is 1. The van der Waals surface area contributed by atoms with Gasteiger partial charge in [0.05, 0.1) is 30.5 Å². The molecule has 0 aliphatic rings. The average Bonchev–Trinajstić information content (AvgIpc) is 3.22. The Balaban J connectivity index is 1.63. The summed E-state index contributed by atoms with van der Waals surface area (Å²) >= 11 is 0. The zero-order valence-electron chi connectivity index (χ0n) is 18.9. The number of hydrogen-bond donors (Lipinski definition) is 0. The lowest BCUT2D eigenvalue weighted by molar-refractivity contribution is -0.145. The Morgan fingerprint density at radius 3 is 2.25 bits per heavy atom. The van der Waals surface area contributed by atoms with Crippen molar-refractivity contribution >= 4 is 5.97 Å². The number of hydrogen-bond acceptors (Lipinski definition) is 4. The molecule has 4 aromatic rings. The van der Waals surface area contributed by atoms with E-state index in [0.717, 1.165) is 39.2 Å². The Morgan fingerprint density at radius 1 is 0.969 bits per heavy atom. The number of aromatic nitrogens is 3. The van der Waals surface area contributed by atoms with Crippen LogP contribution >= 0.6 is 0 Å². The molecule has 5 heteroatoms. The third kappa shape index (κ3) is 4.78. The molecular weight excluding hydrogens is 398 g/mol.